The second-order valence-electron chi connectivity index (χ2n) is 6.13. The summed E-state index contributed by atoms with van der Waals surface area (Å²) in [7, 11) is 1.64. The van der Waals surface area contributed by atoms with Gasteiger partial charge < -0.3 is 19.7 Å². The van der Waals surface area contributed by atoms with Crippen LogP contribution in [0.3, 0.4) is 0 Å². The number of hydrogen-bond donors (Lipinski definition) is 1. The van der Waals surface area contributed by atoms with Crippen LogP contribution in [0.1, 0.15) is 18.5 Å². The van der Waals surface area contributed by atoms with Gasteiger partial charge >= 0.3 is 0 Å². The van der Waals surface area contributed by atoms with Crippen molar-refractivity contribution >= 4 is 11.6 Å². The number of para-hydroxylation sites is 1. The number of anilines is 1. The molecule has 1 saturated heterocycles. The van der Waals surface area contributed by atoms with E-state index in [4.69, 9.17) is 9.47 Å². The van der Waals surface area contributed by atoms with E-state index >= 15 is 0 Å². The Morgan fingerprint density at radius 1 is 1.24 bits per heavy atom. The Balaban J connectivity index is 1.72. The van der Waals surface area contributed by atoms with Crippen LogP contribution in [0.15, 0.2) is 54.6 Å². The lowest BCUT2D eigenvalue weighted by molar-refractivity contribution is -0.125. The van der Waals surface area contributed by atoms with E-state index in [-0.39, 0.29) is 18.0 Å². The summed E-state index contributed by atoms with van der Waals surface area (Å²) in [6.07, 6.45) is 0. The van der Waals surface area contributed by atoms with Gasteiger partial charge in [-0.15, -0.1) is 0 Å². The Labute approximate surface area is 148 Å². The fourth-order valence-electron chi connectivity index (χ4n) is 3.05. The van der Waals surface area contributed by atoms with Crippen LogP contribution in [0.2, 0.25) is 0 Å². The number of rotatable bonds is 5. The molecule has 0 saturated carbocycles. The van der Waals surface area contributed by atoms with Gasteiger partial charge in [0.2, 0.25) is 5.91 Å². The Hall–Kier alpha value is -2.53. The third kappa shape index (κ3) is 4.12. The maximum absolute atomic E-state index is 12.9. The number of morpholine rings is 1. The van der Waals surface area contributed by atoms with Crippen LogP contribution in [-0.4, -0.2) is 38.8 Å². The summed E-state index contributed by atoms with van der Waals surface area (Å²) in [5.74, 6) is 0.754. The second kappa shape index (κ2) is 8.03. The molecule has 3 rings (SSSR count). The maximum atomic E-state index is 12.9. The van der Waals surface area contributed by atoms with E-state index in [1.165, 1.54) is 0 Å². The third-order valence-electron chi connectivity index (χ3n) is 4.47. The first-order valence-electron chi connectivity index (χ1n) is 8.53. The first-order valence-corrected chi connectivity index (χ1v) is 8.53. The third-order valence-corrected chi connectivity index (χ3v) is 4.47. The summed E-state index contributed by atoms with van der Waals surface area (Å²) < 4.78 is 10.8. The molecule has 1 aliphatic heterocycles. The van der Waals surface area contributed by atoms with Crippen molar-refractivity contribution < 1.29 is 14.3 Å². The highest BCUT2D eigenvalue weighted by molar-refractivity contribution is 5.86. The van der Waals surface area contributed by atoms with Crippen LogP contribution in [0, 0.1) is 0 Å². The van der Waals surface area contributed by atoms with Crippen molar-refractivity contribution in [3.8, 4) is 5.75 Å². The number of carbonyl (C=O) groups is 1. The van der Waals surface area contributed by atoms with E-state index in [0.29, 0.717) is 19.8 Å². The van der Waals surface area contributed by atoms with E-state index in [1.54, 1.807) is 7.11 Å². The fourth-order valence-corrected chi connectivity index (χ4v) is 3.05. The molecule has 1 heterocycles. The SMILES string of the molecule is COc1cccc(C(C)NC(=O)C2COCCN2c2ccccc2)c1. The number of nitrogens with one attached hydrogen (secondary N) is 1. The summed E-state index contributed by atoms with van der Waals surface area (Å²) in [5, 5.41) is 3.10. The van der Waals surface area contributed by atoms with Gasteiger partial charge in [-0.25, -0.2) is 0 Å². The number of carbonyl (C=O) groups excluding carboxylic acids is 1. The van der Waals surface area contributed by atoms with Gasteiger partial charge in [-0.1, -0.05) is 30.3 Å². The predicted molar refractivity (Wildman–Crippen MR) is 97.9 cm³/mol. The lowest BCUT2D eigenvalue weighted by Gasteiger charge is -2.36. The highest BCUT2D eigenvalue weighted by Crippen LogP contribution is 2.22. The van der Waals surface area contributed by atoms with Crippen molar-refractivity contribution in [1.82, 2.24) is 5.32 Å². The van der Waals surface area contributed by atoms with Crippen molar-refractivity contribution in [2.75, 3.05) is 31.8 Å². The van der Waals surface area contributed by atoms with Crippen LogP contribution < -0.4 is 15.0 Å². The summed E-state index contributed by atoms with van der Waals surface area (Å²) in [6, 6.07) is 17.3. The first kappa shape index (κ1) is 17.3. The zero-order valence-electron chi connectivity index (χ0n) is 14.6. The molecule has 2 aromatic carbocycles. The minimum atomic E-state index is -0.329. The quantitative estimate of drug-likeness (QED) is 0.909. The molecular formula is C20H24N2O3. The topological polar surface area (TPSA) is 50.8 Å². The lowest BCUT2D eigenvalue weighted by atomic mass is 10.1. The smallest absolute Gasteiger partial charge is 0.245 e. The van der Waals surface area contributed by atoms with Crippen molar-refractivity contribution in [3.63, 3.8) is 0 Å². The minimum Gasteiger partial charge on any atom is -0.497 e. The average Bonchev–Trinajstić information content (AvgIpc) is 2.68. The van der Waals surface area contributed by atoms with Gasteiger partial charge in [-0.05, 0) is 36.8 Å². The maximum Gasteiger partial charge on any atom is 0.245 e. The van der Waals surface area contributed by atoms with Crippen LogP contribution in [-0.2, 0) is 9.53 Å². The molecule has 0 radical (unpaired) electrons. The van der Waals surface area contributed by atoms with Crippen molar-refractivity contribution in [3.05, 3.63) is 60.2 Å². The number of hydrogen-bond acceptors (Lipinski definition) is 4. The first-order chi connectivity index (χ1) is 12.2. The van der Waals surface area contributed by atoms with E-state index in [2.05, 4.69) is 10.2 Å². The Morgan fingerprint density at radius 3 is 2.80 bits per heavy atom. The summed E-state index contributed by atoms with van der Waals surface area (Å²) in [6.45, 7) is 3.70. The van der Waals surface area contributed by atoms with Crippen LogP contribution >= 0.6 is 0 Å². The lowest BCUT2D eigenvalue weighted by Crippen LogP contribution is -2.54. The summed E-state index contributed by atoms with van der Waals surface area (Å²) in [4.78, 5) is 15.0. The Kier molecular flexibility index (Phi) is 5.56. The molecule has 0 aromatic heterocycles. The number of ether oxygens (including phenoxy) is 2. The number of methoxy groups -OCH3 is 1. The van der Waals surface area contributed by atoms with Gasteiger partial charge in [0.1, 0.15) is 11.8 Å². The largest absolute Gasteiger partial charge is 0.497 e. The highest BCUT2D eigenvalue weighted by atomic mass is 16.5. The van der Waals surface area contributed by atoms with E-state index in [0.717, 1.165) is 17.0 Å². The van der Waals surface area contributed by atoms with Gasteiger partial charge in [0.15, 0.2) is 0 Å². The molecule has 1 fully saturated rings. The van der Waals surface area contributed by atoms with E-state index < -0.39 is 0 Å². The van der Waals surface area contributed by atoms with Crippen LogP contribution in [0.5, 0.6) is 5.75 Å². The van der Waals surface area contributed by atoms with Crippen molar-refractivity contribution in [2.45, 2.75) is 19.0 Å². The number of benzene rings is 2. The van der Waals surface area contributed by atoms with Gasteiger partial charge in [0.25, 0.3) is 0 Å². The van der Waals surface area contributed by atoms with E-state index in [9.17, 15) is 4.79 Å². The van der Waals surface area contributed by atoms with Gasteiger partial charge in [0, 0.05) is 12.2 Å². The Bertz CT molecular complexity index is 705. The van der Waals surface area contributed by atoms with Gasteiger partial charge in [-0.2, -0.15) is 0 Å². The molecule has 1 aliphatic rings. The molecule has 25 heavy (non-hydrogen) atoms. The fraction of sp³-hybridized carbons (Fsp3) is 0.350. The van der Waals surface area contributed by atoms with Gasteiger partial charge in [-0.3, -0.25) is 4.79 Å². The molecule has 5 nitrogen and oxygen atoms in total. The standard InChI is InChI=1S/C20H24N2O3/c1-15(16-7-6-10-18(13-16)24-2)21-20(23)19-14-25-12-11-22(19)17-8-4-3-5-9-17/h3-10,13,15,19H,11-12,14H2,1-2H3,(H,21,23). The summed E-state index contributed by atoms with van der Waals surface area (Å²) in [5.41, 5.74) is 2.05. The molecule has 0 aliphatic carbocycles. The molecule has 2 unspecified atom stereocenters. The zero-order chi connectivity index (χ0) is 17.6. The normalized spacial score (nSPS) is 18.5. The molecule has 2 atom stereocenters. The zero-order valence-corrected chi connectivity index (χ0v) is 14.6. The minimum absolute atomic E-state index is 0.0288. The number of nitrogens with zero attached hydrogens (tertiary/aromatic N) is 1. The molecule has 132 valence electrons. The van der Waals surface area contributed by atoms with Gasteiger partial charge in [0.05, 0.1) is 26.4 Å². The summed E-state index contributed by atoms with van der Waals surface area (Å²) >= 11 is 0. The molecule has 5 heteroatoms. The van der Waals surface area contributed by atoms with Crippen molar-refractivity contribution in [2.24, 2.45) is 0 Å². The monoisotopic (exact) mass is 340 g/mol. The molecule has 0 spiro atoms. The molecule has 1 amide bonds. The second-order valence-corrected chi connectivity index (χ2v) is 6.13. The predicted octanol–water partition coefficient (Wildman–Crippen LogP) is 2.78. The van der Waals surface area contributed by atoms with Crippen LogP contribution in [0.25, 0.3) is 0 Å². The van der Waals surface area contributed by atoms with E-state index in [1.807, 2.05) is 61.5 Å². The highest BCUT2D eigenvalue weighted by Gasteiger charge is 2.30. The molecule has 0 bridgehead atoms. The Morgan fingerprint density at radius 2 is 2.04 bits per heavy atom. The molecule has 1 N–H and O–H groups in total. The number of amides is 1. The molecular weight excluding hydrogens is 316 g/mol. The van der Waals surface area contributed by atoms with Crippen LogP contribution in [0.4, 0.5) is 5.69 Å². The average molecular weight is 340 g/mol. The van der Waals surface area contributed by atoms with Crippen molar-refractivity contribution in [1.29, 1.82) is 0 Å². The molecule has 2 aromatic rings.